The summed E-state index contributed by atoms with van der Waals surface area (Å²) >= 11 is 0. The molecule has 3 fully saturated rings. The molecule has 32 heavy (non-hydrogen) atoms. The van der Waals surface area contributed by atoms with Gasteiger partial charge >= 0.3 is 0 Å². The van der Waals surface area contributed by atoms with Crippen molar-refractivity contribution in [1.29, 1.82) is 0 Å². The molecule has 7 nitrogen and oxygen atoms in total. The van der Waals surface area contributed by atoms with Gasteiger partial charge in [-0.05, 0) is 49.3 Å². The van der Waals surface area contributed by atoms with Gasteiger partial charge in [0.05, 0.1) is 11.0 Å². The molecule has 0 aromatic heterocycles. The average molecular weight is 464 g/mol. The van der Waals surface area contributed by atoms with E-state index in [0.29, 0.717) is 42.8 Å². The van der Waals surface area contributed by atoms with Crippen molar-refractivity contribution in [3.8, 4) is 0 Å². The van der Waals surface area contributed by atoms with Crippen molar-refractivity contribution in [2.45, 2.75) is 56.4 Å². The van der Waals surface area contributed by atoms with Crippen LogP contribution in [0.4, 0.5) is 0 Å². The lowest BCUT2D eigenvalue weighted by Crippen LogP contribution is -2.53. The second-order valence-electron chi connectivity index (χ2n) is 9.66. The minimum absolute atomic E-state index is 0.0746. The number of carbonyl (C=O) groups is 1. The van der Waals surface area contributed by atoms with Gasteiger partial charge in [-0.3, -0.25) is 9.69 Å². The van der Waals surface area contributed by atoms with Gasteiger partial charge in [0.2, 0.25) is 15.9 Å². The van der Waals surface area contributed by atoms with E-state index in [0.717, 1.165) is 57.7 Å². The Morgan fingerprint density at radius 2 is 1.66 bits per heavy atom. The predicted octanol–water partition coefficient (Wildman–Crippen LogP) is 2.53. The standard InChI is InChI=1S/C24H37N3O4S/c1-19(2)20-5-7-23(8-6-20)32(29,30)27-11-9-21(10-12-27)24(28)26-15-13-25(14-16-26)18-22-4-3-17-31-22/h5-8,19,21-22H,3-4,9-18H2,1-2H3. The van der Waals surface area contributed by atoms with Crippen LogP contribution in [0.2, 0.25) is 0 Å². The van der Waals surface area contributed by atoms with Crippen LogP contribution in [0, 0.1) is 5.92 Å². The van der Waals surface area contributed by atoms with Crippen molar-refractivity contribution in [1.82, 2.24) is 14.1 Å². The van der Waals surface area contributed by atoms with Gasteiger partial charge in [0.15, 0.2) is 0 Å². The Balaban J connectivity index is 1.26. The van der Waals surface area contributed by atoms with E-state index in [2.05, 4.69) is 18.7 Å². The van der Waals surface area contributed by atoms with E-state index in [-0.39, 0.29) is 11.8 Å². The first kappa shape index (κ1) is 23.7. The van der Waals surface area contributed by atoms with E-state index in [1.165, 1.54) is 0 Å². The lowest BCUT2D eigenvalue weighted by molar-refractivity contribution is -0.138. The molecule has 1 unspecified atom stereocenters. The SMILES string of the molecule is CC(C)c1ccc(S(=O)(=O)N2CCC(C(=O)N3CCN(CC4CCCO4)CC3)CC2)cc1. The van der Waals surface area contributed by atoms with Crippen molar-refractivity contribution in [2.75, 3.05) is 52.4 Å². The average Bonchev–Trinajstić information content (AvgIpc) is 3.32. The Bertz CT molecular complexity index is 865. The molecule has 1 aromatic carbocycles. The fourth-order valence-electron chi connectivity index (χ4n) is 5.00. The number of ether oxygens (including phenoxy) is 1. The van der Waals surface area contributed by atoms with Crippen LogP contribution in [-0.4, -0.2) is 87.0 Å². The van der Waals surface area contributed by atoms with Gasteiger partial charge in [-0.15, -0.1) is 0 Å². The third-order valence-corrected chi connectivity index (χ3v) is 9.07. The third-order valence-electron chi connectivity index (χ3n) is 7.16. The maximum atomic E-state index is 13.0. The van der Waals surface area contributed by atoms with E-state index in [1.54, 1.807) is 16.4 Å². The molecule has 0 saturated carbocycles. The molecule has 3 saturated heterocycles. The highest BCUT2D eigenvalue weighted by atomic mass is 32.2. The molecule has 0 aliphatic carbocycles. The number of hydrogen-bond acceptors (Lipinski definition) is 5. The topological polar surface area (TPSA) is 70.2 Å². The lowest BCUT2D eigenvalue weighted by Gasteiger charge is -2.38. The van der Waals surface area contributed by atoms with Crippen LogP contribution in [-0.2, 0) is 19.6 Å². The molecule has 0 radical (unpaired) electrons. The van der Waals surface area contributed by atoms with Crippen LogP contribution >= 0.6 is 0 Å². The highest BCUT2D eigenvalue weighted by molar-refractivity contribution is 7.89. The van der Waals surface area contributed by atoms with Gasteiger partial charge in [-0.1, -0.05) is 26.0 Å². The van der Waals surface area contributed by atoms with E-state index >= 15 is 0 Å². The smallest absolute Gasteiger partial charge is 0.243 e. The molecule has 1 atom stereocenters. The molecular weight excluding hydrogens is 426 g/mol. The molecule has 3 aliphatic rings. The Labute approximate surface area is 192 Å². The number of piperazine rings is 1. The zero-order valence-corrected chi connectivity index (χ0v) is 20.2. The van der Waals surface area contributed by atoms with Crippen LogP contribution in [0.3, 0.4) is 0 Å². The Morgan fingerprint density at radius 1 is 1.00 bits per heavy atom. The number of piperidine rings is 1. The minimum Gasteiger partial charge on any atom is -0.377 e. The molecule has 8 heteroatoms. The van der Waals surface area contributed by atoms with Crippen LogP contribution in [0.1, 0.15) is 51.0 Å². The van der Waals surface area contributed by atoms with Crippen LogP contribution < -0.4 is 0 Å². The van der Waals surface area contributed by atoms with E-state index in [9.17, 15) is 13.2 Å². The van der Waals surface area contributed by atoms with Crippen LogP contribution in [0.15, 0.2) is 29.2 Å². The number of nitrogens with zero attached hydrogens (tertiary/aromatic N) is 3. The maximum Gasteiger partial charge on any atom is 0.243 e. The fraction of sp³-hybridized carbons (Fsp3) is 0.708. The molecule has 1 amide bonds. The highest BCUT2D eigenvalue weighted by Gasteiger charge is 2.35. The maximum absolute atomic E-state index is 13.0. The van der Waals surface area contributed by atoms with E-state index < -0.39 is 10.0 Å². The summed E-state index contributed by atoms with van der Waals surface area (Å²) in [5.74, 6) is 0.487. The summed E-state index contributed by atoms with van der Waals surface area (Å²) in [5, 5.41) is 0. The number of benzene rings is 1. The van der Waals surface area contributed by atoms with Crippen LogP contribution in [0.25, 0.3) is 0 Å². The Hall–Kier alpha value is -1.48. The zero-order valence-electron chi connectivity index (χ0n) is 19.4. The molecule has 3 aliphatic heterocycles. The summed E-state index contributed by atoms with van der Waals surface area (Å²) in [6.45, 7) is 10.1. The summed E-state index contributed by atoms with van der Waals surface area (Å²) in [6, 6.07) is 7.20. The quantitative estimate of drug-likeness (QED) is 0.648. The van der Waals surface area contributed by atoms with Crippen LogP contribution in [0.5, 0.6) is 0 Å². The van der Waals surface area contributed by atoms with Gasteiger partial charge in [0.1, 0.15) is 0 Å². The molecule has 1 aromatic rings. The second kappa shape index (κ2) is 10.2. The largest absolute Gasteiger partial charge is 0.377 e. The van der Waals surface area contributed by atoms with Crippen molar-refractivity contribution in [2.24, 2.45) is 5.92 Å². The van der Waals surface area contributed by atoms with Gasteiger partial charge in [-0.25, -0.2) is 8.42 Å². The van der Waals surface area contributed by atoms with Gasteiger partial charge in [-0.2, -0.15) is 4.31 Å². The predicted molar refractivity (Wildman–Crippen MR) is 124 cm³/mol. The molecule has 0 N–H and O–H groups in total. The summed E-state index contributed by atoms with van der Waals surface area (Å²) in [6.07, 6.45) is 3.84. The molecule has 178 valence electrons. The number of hydrogen-bond donors (Lipinski definition) is 0. The second-order valence-corrected chi connectivity index (χ2v) is 11.6. The summed E-state index contributed by atoms with van der Waals surface area (Å²) in [4.78, 5) is 17.8. The van der Waals surface area contributed by atoms with Crippen molar-refractivity contribution >= 4 is 15.9 Å². The first-order valence-electron chi connectivity index (χ1n) is 12.1. The monoisotopic (exact) mass is 463 g/mol. The highest BCUT2D eigenvalue weighted by Crippen LogP contribution is 2.27. The third kappa shape index (κ3) is 5.35. The minimum atomic E-state index is -3.51. The van der Waals surface area contributed by atoms with Gasteiger partial charge in [0, 0.05) is 58.3 Å². The Morgan fingerprint density at radius 3 is 2.22 bits per heavy atom. The van der Waals surface area contributed by atoms with E-state index in [1.807, 2.05) is 17.0 Å². The van der Waals surface area contributed by atoms with Crippen molar-refractivity contribution in [3.05, 3.63) is 29.8 Å². The Kier molecular flexibility index (Phi) is 7.54. The first-order chi connectivity index (χ1) is 15.3. The first-order valence-corrected chi connectivity index (χ1v) is 13.5. The number of rotatable bonds is 6. The summed E-state index contributed by atoms with van der Waals surface area (Å²) in [7, 11) is -3.51. The van der Waals surface area contributed by atoms with Gasteiger partial charge in [0.25, 0.3) is 0 Å². The normalized spacial score (nSPS) is 24.3. The molecule has 4 rings (SSSR count). The van der Waals surface area contributed by atoms with Crippen molar-refractivity contribution in [3.63, 3.8) is 0 Å². The fourth-order valence-corrected chi connectivity index (χ4v) is 6.47. The molecule has 0 spiro atoms. The lowest BCUT2D eigenvalue weighted by atomic mass is 9.96. The number of sulfonamides is 1. The molecule has 3 heterocycles. The van der Waals surface area contributed by atoms with Gasteiger partial charge < -0.3 is 9.64 Å². The summed E-state index contributed by atoms with van der Waals surface area (Å²) in [5.41, 5.74) is 1.13. The number of amides is 1. The van der Waals surface area contributed by atoms with Crippen molar-refractivity contribution < 1.29 is 17.9 Å². The molecule has 0 bridgehead atoms. The summed E-state index contributed by atoms with van der Waals surface area (Å²) < 4.78 is 33.4. The molecular formula is C24H37N3O4S. The number of carbonyl (C=O) groups excluding carboxylic acids is 1. The van der Waals surface area contributed by atoms with E-state index in [4.69, 9.17) is 4.74 Å². The zero-order chi connectivity index (χ0) is 22.7.